The Morgan fingerprint density at radius 2 is 1.95 bits per heavy atom. The van der Waals surface area contributed by atoms with Gasteiger partial charge in [-0.05, 0) is 57.9 Å². The lowest BCUT2D eigenvalue weighted by Gasteiger charge is -2.10. The molecule has 100 valence electrons. The van der Waals surface area contributed by atoms with Crippen molar-refractivity contribution in [1.29, 1.82) is 0 Å². The first-order valence-electron chi connectivity index (χ1n) is 6.19. The van der Waals surface area contributed by atoms with E-state index in [0.717, 1.165) is 26.7 Å². The van der Waals surface area contributed by atoms with Crippen LogP contribution >= 0.6 is 15.9 Å². The van der Waals surface area contributed by atoms with Crippen LogP contribution in [0.1, 0.15) is 5.56 Å². The summed E-state index contributed by atoms with van der Waals surface area (Å²) in [6.07, 6.45) is 1.76. The van der Waals surface area contributed by atoms with E-state index in [1.165, 1.54) is 0 Å². The topological polar surface area (TPSA) is 42.4 Å². The third kappa shape index (κ3) is 2.53. The molecule has 1 aromatic heterocycles. The van der Waals surface area contributed by atoms with Gasteiger partial charge in [-0.1, -0.05) is 12.1 Å². The molecule has 2 aromatic carbocycles. The predicted molar refractivity (Wildman–Crippen MR) is 81.9 cm³/mol. The van der Waals surface area contributed by atoms with Crippen molar-refractivity contribution in [1.82, 2.24) is 4.98 Å². The van der Waals surface area contributed by atoms with Crippen molar-refractivity contribution in [3.05, 3.63) is 64.8 Å². The number of fused-ring (bicyclic) bond motifs is 1. The number of aliphatic hydroxyl groups excluding tert-OH is 1. The lowest BCUT2D eigenvalue weighted by Crippen LogP contribution is -1.90. The highest BCUT2D eigenvalue weighted by Gasteiger charge is 2.07. The monoisotopic (exact) mass is 329 g/mol. The molecule has 0 amide bonds. The van der Waals surface area contributed by atoms with Gasteiger partial charge in [0.15, 0.2) is 0 Å². The molecule has 3 rings (SSSR count). The predicted octanol–water partition coefficient (Wildman–Crippen LogP) is 4.28. The molecule has 1 N–H and O–H groups in total. The first kappa shape index (κ1) is 13.1. The molecule has 0 aliphatic rings. The van der Waals surface area contributed by atoms with Crippen molar-refractivity contribution in [3.63, 3.8) is 0 Å². The van der Waals surface area contributed by atoms with Gasteiger partial charge >= 0.3 is 0 Å². The molecule has 3 nitrogen and oxygen atoms in total. The third-order valence-corrected chi connectivity index (χ3v) is 3.62. The number of hydrogen-bond donors (Lipinski definition) is 1. The number of ether oxygens (including phenoxy) is 1. The minimum Gasteiger partial charge on any atom is -0.455 e. The van der Waals surface area contributed by atoms with Gasteiger partial charge in [-0.2, -0.15) is 0 Å². The Morgan fingerprint density at radius 1 is 1.05 bits per heavy atom. The summed E-state index contributed by atoms with van der Waals surface area (Å²) in [6.45, 7) is 0.0110. The van der Waals surface area contributed by atoms with Gasteiger partial charge in [0.2, 0.25) is 0 Å². The zero-order valence-corrected chi connectivity index (χ0v) is 12.2. The Bertz CT molecular complexity index is 753. The summed E-state index contributed by atoms with van der Waals surface area (Å²) in [7, 11) is 0. The highest BCUT2D eigenvalue weighted by atomic mass is 79.9. The Kier molecular flexibility index (Phi) is 3.67. The van der Waals surface area contributed by atoms with Crippen molar-refractivity contribution in [2.75, 3.05) is 0 Å². The summed E-state index contributed by atoms with van der Waals surface area (Å²) in [4.78, 5) is 4.31. The number of pyridine rings is 1. The SMILES string of the molecule is OCc1ccc(Oc2cccc3ncccc23)c(Br)c1. The quantitative estimate of drug-likeness (QED) is 0.779. The van der Waals surface area contributed by atoms with E-state index in [4.69, 9.17) is 9.84 Å². The molecule has 4 heteroatoms. The van der Waals surface area contributed by atoms with Crippen LogP contribution in [0.4, 0.5) is 0 Å². The molecule has 0 spiro atoms. The van der Waals surface area contributed by atoms with E-state index < -0.39 is 0 Å². The van der Waals surface area contributed by atoms with Crippen LogP contribution in [0, 0.1) is 0 Å². The van der Waals surface area contributed by atoms with Crippen LogP contribution in [0.15, 0.2) is 59.2 Å². The van der Waals surface area contributed by atoms with E-state index in [0.29, 0.717) is 5.75 Å². The van der Waals surface area contributed by atoms with Crippen LogP contribution in [0.3, 0.4) is 0 Å². The van der Waals surface area contributed by atoms with E-state index in [9.17, 15) is 0 Å². The van der Waals surface area contributed by atoms with Gasteiger partial charge in [0.05, 0.1) is 16.6 Å². The third-order valence-electron chi connectivity index (χ3n) is 3.00. The fraction of sp³-hybridized carbons (Fsp3) is 0.0625. The normalized spacial score (nSPS) is 10.7. The molecule has 20 heavy (non-hydrogen) atoms. The van der Waals surface area contributed by atoms with Crippen LogP contribution < -0.4 is 4.74 Å². The zero-order valence-electron chi connectivity index (χ0n) is 10.6. The molecule has 0 unspecified atom stereocenters. The molecule has 0 saturated carbocycles. The Hall–Kier alpha value is -1.91. The van der Waals surface area contributed by atoms with Crippen LogP contribution in [0.2, 0.25) is 0 Å². The second-order valence-electron chi connectivity index (χ2n) is 4.35. The van der Waals surface area contributed by atoms with E-state index in [-0.39, 0.29) is 6.61 Å². The first-order chi connectivity index (χ1) is 9.78. The van der Waals surface area contributed by atoms with Gasteiger partial charge in [0, 0.05) is 11.6 Å². The summed E-state index contributed by atoms with van der Waals surface area (Å²) >= 11 is 3.46. The van der Waals surface area contributed by atoms with Gasteiger partial charge in [-0.15, -0.1) is 0 Å². The summed E-state index contributed by atoms with van der Waals surface area (Å²) in [5.41, 5.74) is 1.73. The van der Waals surface area contributed by atoms with Crippen molar-refractivity contribution in [2.45, 2.75) is 6.61 Å². The Labute approximate surface area is 125 Å². The standard InChI is InChI=1S/C16H12BrNO2/c17-13-9-11(10-19)6-7-16(13)20-15-5-1-4-14-12(15)3-2-8-18-14/h1-9,19H,10H2. The van der Waals surface area contributed by atoms with Gasteiger partial charge < -0.3 is 9.84 Å². The summed E-state index contributed by atoms with van der Waals surface area (Å²) in [5, 5.41) is 10.1. The fourth-order valence-corrected chi connectivity index (χ4v) is 2.52. The number of aliphatic hydroxyl groups is 1. The van der Waals surface area contributed by atoms with Crippen molar-refractivity contribution >= 4 is 26.8 Å². The number of aromatic nitrogens is 1. The van der Waals surface area contributed by atoms with Crippen LogP contribution in [-0.2, 0) is 6.61 Å². The number of hydrogen-bond acceptors (Lipinski definition) is 3. The van der Waals surface area contributed by atoms with Crippen molar-refractivity contribution < 1.29 is 9.84 Å². The molecule has 0 aliphatic carbocycles. The minimum atomic E-state index is 0.0110. The summed E-state index contributed by atoms with van der Waals surface area (Å²) in [6, 6.07) is 15.2. The second kappa shape index (κ2) is 5.61. The molecule has 0 aliphatic heterocycles. The number of benzene rings is 2. The van der Waals surface area contributed by atoms with Crippen LogP contribution in [-0.4, -0.2) is 10.1 Å². The second-order valence-corrected chi connectivity index (χ2v) is 5.21. The Morgan fingerprint density at radius 3 is 2.75 bits per heavy atom. The lowest BCUT2D eigenvalue weighted by atomic mass is 10.2. The molecule has 3 aromatic rings. The smallest absolute Gasteiger partial charge is 0.141 e. The summed E-state index contributed by atoms with van der Waals surface area (Å²) in [5.74, 6) is 1.46. The van der Waals surface area contributed by atoms with E-state index >= 15 is 0 Å². The van der Waals surface area contributed by atoms with Gasteiger partial charge in [0.1, 0.15) is 11.5 Å². The fourth-order valence-electron chi connectivity index (χ4n) is 2.01. The van der Waals surface area contributed by atoms with Crippen LogP contribution in [0.25, 0.3) is 10.9 Å². The Balaban J connectivity index is 2.01. The molecule has 0 bridgehead atoms. The number of nitrogens with zero attached hydrogens (tertiary/aromatic N) is 1. The molecular formula is C16H12BrNO2. The molecule has 0 atom stereocenters. The molecule has 0 radical (unpaired) electrons. The van der Waals surface area contributed by atoms with Gasteiger partial charge in [0.25, 0.3) is 0 Å². The number of halogens is 1. The van der Waals surface area contributed by atoms with Gasteiger partial charge in [-0.25, -0.2) is 0 Å². The van der Waals surface area contributed by atoms with Gasteiger partial charge in [-0.3, -0.25) is 4.98 Å². The maximum absolute atomic E-state index is 9.11. The first-order valence-corrected chi connectivity index (χ1v) is 6.98. The molecule has 1 heterocycles. The van der Waals surface area contributed by atoms with Crippen molar-refractivity contribution in [2.24, 2.45) is 0 Å². The average molecular weight is 330 g/mol. The van der Waals surface area contributed by atoms with Crippen molar-refractivity contribution in [3.8, 4) is 11.5 Å². The molecular weight excluding hydrogens is 318 g/mol. The highest BCUT2D eigenvalue weighted by Crippen LogP contribution is 2.33. The van der Waals surface area contributed by atoms with E-state index in [2.05, 4.69) is 20.9 Å². The highest BCUT2D eigenvalue weighted by molar-refractivity contribution is 9.10. The van der Waals surface area contributed by atoms with E-state index in [1.807, 2.05) is 48.5 Å². The van der Waals surface area contributed by atoms with Crippen LogP contribution in [0.5, 0.6) is 11.5 Å². The lowest BCUT2D eigenvalue weighted by molar-refractivity contribution is 0.281. The summed E-state index contributed by atoms with van der Waals surface area (Å²) < 4.78 is 6.76. The van der Waals surface area contributed by atoms with E-state index in [1.54, 1.807) is 6.20 Å². The maximum atomic E-state index is 9.11. The molecule has 0 saturated heterocycles. The number of rotatable bonds is 3. The zero-order chi connectivity index (χ0) is 13.9. The molecule has 0 fully saturated rings. The largest absolute Gasteiger partial charge is 0.455 e. The minimum absolute atomic E-state index is 0.0110. The average Bonchev–Trinajstić information content (AvgIpc) is 2.49. The maximum Gasteiger partial charge on any atom is 0.141 e.